The van der Waals surface area contributed by atoms with Crippen LogP contribution in [0.4, 0.5) is 0 Å². The van der Waals surface area contributed by atoms with Gasteiger partial charge in [0.2, 0.25) is 11.8 Å². The van der Waals surface area contributed by atoms with Gasteiger partial charge in [-0.15, -0.1) is 0 Å². The monoisotopic (exact) mass is 143 g/mol. The average Bonchev–Trinajstić information content (AvgIpc) is 2.13. The molecule has 1 unspecified atom stereocenters. The van der Waals surface area contributed by atoms with Gasteiger partial charge in [-0.3, -0.25) is 14.9 Å². The Hall–Kier alpha value is -0.900. The van der Waals surface area contributed by atoms with Gasteiger partial charge in [0.05, 0.1) is 0 Å². The Balaban J connectivity index is 2.46. The van der Waals surface area contributed by atoms with Crippen LogP contribution in [0.3, 0.4) is 0 Å². The molecule has 1 rings (SSSR count). The lowest BCUT2D eigenvalue weighted by atomic mass is 10.1. The molecule has 2 amide bonds. The molecule has 0 aromatic rings. The predicted molar refractivity (Wildman–Crippen MR) is 33.0 cm³/mol. The van der Waals surface area contributed by atoms with Crippen molar-refractivity contribution in [2.24, 2.45) is 5.92 Å². The van der Waals surface area contributed by atoms with E-state index in [1.807, 2.05) is 0 Å². The van der Waals surface area contributed by atoms with Gasteiger partial charge in [0, 0.05) is 18.9 Å². The van der Waals surface area contributed by atoms with Crippen LogP contribution in [0.15, 0.2) is 0 Å². The van der Waals surface area contributed by atoms with E-state index < -0.39 is 0 Å². The van der Waals surface area contributed by atoms with Gasteiger partial charge in [-0.2, -0.15) is 0 Å². The summed E-state index contributed by atoms with van der Waals surface area (Å²) in [7, 11) is 0. The number of carbonyl (C=O) groups excluding carboxylic acids is 2. The van der Waals surface area contributed by atoms with Crippen LogP contribution in [-0.2, 0) is 9.59 Å². The quantitative estimate of drug-likeness (QED) is 0.489. The maximum absolute atomic E-state index is 10.7. The molecule has 0 aliphatic carbocycles. The van der Waals surface area contributed by atoms with Gasteiger partial charge in [0.1, 0.15) is 0 Å². The first-order valence-corrected chi connectivity index (χ1v) is 3.18. The molecule has 2 N–H and O–H groups in total. The zero-order valence-electron chi connectivity index (χ0n) is 5.46. The van der Waals surface area contributed by atoms with Crippen molar-refractivity contribution in [3.05, 3.63) is 0 Å². The summed E-state index contributed by atoms with van der Waals surface area (Å²) in [4.78, 5) is 21.3. The Morgan fingerprint density at radius 1 is 1.60 bits per heavy atom. The van der Waals surface area contributed by atoms with Gasteiger partial charge in [0.25, 0.3) is 0 Å². The lowest BCUT2D eigenvalue weighted by molar-refractivity contribution is -0.125. The molecule has 1 fully saturated rings. The number of aliphatic hydroxyl groups is 1. The minimum Gasteiger partial charge on any atom is -0.396 e. The third-order valence-corrected chi connectivity index (χ3v) is 1.54. The lowest BCUT2D eigenvalue weighted by Gasteiger charge is -1.99. The van der Waals surface area contributed by atoms with Crippen LogP contribution in [-0.4, -0.2) is 23.5 Å². The van der Waals surface area contributed by atoms with Crippen molar-refractivity contribution in [2.45, 2.75) is 12.8 Å². The number of hydrogen-bond acceptors (Lipinski definition) is 3. The molecule has 1 atom stereocenters. The van der Waals surface area contributed by atoms with E-state index in [1.165, 1.54) is 0 Å². The summed E-state index contributed by atoms with van der Waals surface area (Å²) in [5.74, 6) is -0.778. The summed E-state index contributed by atoms with van der Waals surface area (Å²) in [5.41, 5.74) is 0. The third-order valence-electron chi connectivity index (χ3n) is 1.54. The molecule has 56 valence electrons. The second-order valence-electron chi connectivity index (χ2n) is 2.33. The number of imide groups is 1. The SMILES string of the molecule is O=C1CC(CCO)C(=O)N1. The maximum Gasteiger partial charge on any atom is 0.230 e. The number of carbonyl (C=O) groups is 2. The third kappa shape index (κ3) is 1.33. The molecule has 0 spiro atoms. The molecule has 10 heavy (non-hydrogen) atoms. The van der Waals surface area contributed by atoms with Gasteiger partial charge in [-0.25, -0.2) is 0 Å². The minimum absolute atomic E-state index is 0.0363. The van der Waals surface area contributed by atoms with Crippen molar-refractivity contribution in [1.82, 2.24) is 5.32 Å². The molecule has 0 aromatic carbocycles. The fourth-order valence-corrected chi connectivity index (χ4v) is 0.996. The number of rotatable bonds is 2. The zero-order valence-corrected chi connectivity index (χ0v) is 5.46. The standard InChI is InChI=1S/C6H9NO3/c8-2-1-4-3-5(9)7-6(4)10/h4,8H,1-3H2,(H,7,9,10). The molecule has 4 nitrogen and oxygen atoms in total. The Bertz CT molecular complexity index is 166. The maximum atomic E-state index is 10.7. The first-order valence-electron chi connectivity index (χ1n) is 3.18. The predicted octanol–water partition coefficient (Wildman–Crippen LogP) is -0.969. The summed E-state index contributed by atoms with van der Waals surface area (Å²) < 4.78 is 0. The van der Waals surface area contributed by atoms with Gasteiger partial charge in [-0.05, 0) is 6.42 Å². The van der Waals surface area contributed by atoms with E-state index in [1.54, 1.807) is 0 Å². The van der Waals surface area contributed by atoms with Gasteiger partial charge >= 0.3 is 0 Å². The van der Waals surface area contributed by atoms with Crippen LogP contribution in [0.25, 0.3) is 0 Å². The summed E-state index contributed by atoms with van der Waals surface area (Å²) in [6, 6.07) is 0. The summed E-state index contributed by atoms with van der Waals surface area (Å²) in [6.45, 7) is -0.0363. The molecule has 1 saturated heterocycles. The highest BCUT2D eigenvalue weighted by Crippen LogP contribution is 2.13. The van der Waals surface area contributed by atoms with Crippen LogP contribution in [0.5, 0.6) is 0 Å². The van der Waals surface area contributed by atoms with E-state index in [4.69, 9.17) is 5.11 Å². The fourth-order valence-electron chi connectivity index (χ4n) is 0.996. The number of aliphatic hydroxyl groups excluding tert-OH is 1. The molecular formula is C6H9NO3. The van der Waals surface area contributed by atoms with Crippen molar-refractivity contribution in [2.75, 3.05) is 6.61 Å². The molecule has 4 heteroatoms. The summed E-state index contributed by atoms with van der Waals surface area (Å²) in [5, 5.41) is 10.6. The zero-order chi connectivity index (χ0) is 7.56. The van der Waals surface area contributed by atoms with Crippen molar-refractivity contribution >= 4 is 11.8 Å². The first-order chi connectivity index (χ1) is 4.74. The largest absolute Gasteiger partial charge is 0.396 e. The van der Waals surface area contributed by atoms with E-state index in [0.717, 1.165) is 0 Å². The van der Waals surface area contributed by atoms with Crippen LogP contribution in [0.2, 0.25) is 0 Å². The highest BCUT2D eigenvalue weighted by atomic mass is 16.3. The molecule has 1 heterocycles. The van der Waals surface area contributed by atoms with Crippen molar-refractivity contribution in [1.29, 1.82) is 0 Å². The smallest absolute Gasteiger partial charge is 0.230 e. The van der Waals surface area contributed by atoms with Crippen molar-refractivity contribution in [3.8, 4) is 0 Å². The topological polar surface area (TPSA) is 66.4 Å². The second-order valence-corrected chi connectivity index (χ2v) is 2.33. The average molecular weight is 143 g/mol. The molecule has 0 bridgehead atoms. The number of nitrogens with one attached hydrogen (secondary N) is 1. The molecule has 0 aromatic heterocycles. The molecule has 1 aliphatic rings. The van der Waals surface area contributed by atoms with E-state index in [9.17, 15) is 9.59 Å². The van der Waals surface area contributed by atoms with E-state index in [2.05, 4.69) is 5.32 Å². The highest BCUT2D eigenvalue weighted by molar-refractivity contribution is 6.03. The van der Waals surface area contributed by atoms with Gasteiger partial charge < -0.3 is 5.11 Å². The van der Waals surface area contributed by atoms with Crippen molar-refractivity contribution < 1.29 is 14.7 Å². The van der Waals surface area contributed by atoms with Crippen LogP contribution in [0, 0.1) is 5.92 Å². The van der Waals surface area contributed by atoms with Gasteiger partial charge in [-0.1, -0.05) is 0 Å². The Labute approximate surface area is 58.2 Å². The summed E-state index contributed by atoms with van der Waals surface area (Å²) >= 11 is 0. The van der Waals surface area contributed by atoms with Gasteiger partial charge in [0.15, 0.2) is 0 Å². The molecule has 0 saturated carbocycles. The van der Waals surface area contributed by atoms with Crippen LogP contribution < -0.4 is 5.32 Å². The molecular weight excluding hydrogens is 134 g/mol. The Morgan fingerprint density at radius 3 is 2.70 bits per heavy atom. The van der Waals surface area contributed by atoms with E-state index >= 15 is 0 Å². The Morgan fingerprint density at radius 2 is 2.30 bits per heavy atom. The normalized spacial score (nSPS) is 25.1. The van der Waals surface area contributed by atoms with Crippen molar-refractivity contribution in [3.63, 3.8) is 0 Å². The molecule has 0 radical (unpaired) electrons. The second kappa shape index (κ2) is 2.79. The van der Waals surface area contributed by atoms with E-state index in [0.29, 0.717) is 6.42 Å². The minimum atomic E-state index is -0.294. The number of hydrogen-bond donors (Lipinski definition) is 2. The van der Waals surface area contributed by atoms with Crippen LogP contribution in [0.1, 0.15) is 12.8 Å². The number of amides is 2. The summed E-state index contributed by atoms with van der Waals surface area (Å²) in [6.07, 6.45) is 0.622. The van der Waals surface area contributed by atoms with Crippen LogP contribution >= 0.6 is 0 Å². The molecule has 1 aliphatic heterocycles. The highest BCUT2D eigenvalue weighted by Gasteiger charge is 2.29. The fraction of sp³-hybridized carbons (Fsp3) is 0.667. The van der Waals surface area contributed by atoms with E-state index in [-0.39, 0.29) is 30.8 Å². The Kier molecular flexibility index (Phi) is 2.01. The first kappa shape index (κ1) is 7.21. The lowest BCUT2D eigenvalue weighted by Crippen LogP contribution is -2.22.